The lowest BCUT2D eigenvalue weighted by Gasteiger charge is -2.10. The lowest BCUT2D eigenvalue weighted by atomic mass is 10.3. The largest absolute Gasteiger partial charge is 0.508 e. The molecule has 2 aromatic rings. The molecule has 0 unspecified atom stereocenters. The van der Waals surface area contributed by atoms with Gasteiger partial charge in [0.15, 0.2) is 9.79 Å². The summed E-state index contributed by atoms with van der Waals surface area (Å²) in [6.45, 7) is 0. The van der Waals surface area contributed by atoms with Crippen LogP contribution in [0.15, 0.2) is 58.3 Å². The van der Waals surface area contributed by atoms with Crippen LogP contribution in [0.3, 0.4) is 0 Å². The Labute approximate surface area is 148 Å². The first-order valence-electron chi connectivity index (χ1n) is 6.71. The quantitative estimate of drug-likeness (QED) is 0.402. The van der Waals surface area contributed by atoms with Gasteiger partial charge in [0.2, 0.25) is 0 Å². The van der Waals surface area contributed by atoms with Crippen molar-refractivity contribution in [2.75, 3.05) is 5.75 Å². The summed E-state index contributed by atoms with van der Waals surface area (Å²) in [5, 5.41) is 18.9. The average Bonchev–Trinajstić information content (AvgIpc) is 2.45. The Morgan fingerprint density at radius 3 is 1.55 bits per heavy atom. The van der Waals surface area contributed by atoms with Gasteiger partial charge in [0, 0.05) is 0 Å². The molecule has 118 valence electrons. The number of benzene rings is 2. The number of hydrogen-bond donors (Lipinski definition) is 2. The SMILES string of the molecule is Oc1ccc([S+](CCC[Si](Cl)(Cl)Cl)c2ccc(O)cc2)cc1. The Kier molecular flexibility index (Phi) is 6.35. The number of rotatable bonds is 6. The third kappa shape index (κ3) is 5.59. The zero-order chi connectivity index (χ0) is 16.2. The third-order valence-electron chi connectivity index (χ3n) is 3.05. The second kappa shape index (κ2) is 7.84. The van der Waals surface area contributed by atoms with Crippen molar-refractivity contribution in [1.29, 1.82) is 0 Å². The molecule has 0 radical (unpaired) electrons. The molecule has 0 bridgehead atoms. The van der Waals surface area contributed by atoms with Gasteiger partial charge in [-0.2, -0.15) is 0 Å². The molecule has 0 aromatic heterocycles. The van der Waals surface area contributed by atoms with Crippen LogP contribution >= 0.6 is 33.2 Å². The first kappa shape index (κ1) is 17.8. The van der Waals surface area contributed by atoms with Gasteiger partial charge in [-0.1, -0.05) is 0 Å². The topological polar surface area (TPSA) is 40.5 Å². The molecule has 2 rings (SSSR count). The standard InChI is InChI=1S/C15H15Cl3O2SSi/c16-22(17,18)11-1-10-21(14-6-2-12(19)3-7-14)15-8-4-13(20)5-9-15/h2-9H,1,10-11H2,(H-,19,20)/p+1. The Morgan fingerprint density at radius 1 is 0.773 bits per heavy atom. The summed E-state index contributed by atoms with van der Waals surface area (Å²) in [4.78, 5) is 2.24. The van der Waals surface area contributed by atoms with Crippen molar-refractivity contribution in [3.63, 3.8) is 0 Å². The monoisotopic (exact) mass is 393 g/mol. The van der Waals surface area contributed by atoms with E-state index in [1.807, 2.05) is 24.3 Å². The minimum absolute atomic E-state index is 0.178. The molecule has 2 nitrogen and oxygen atoms in total. The van der Waals surface area contributed by atoms with Gasteiger partial charge in [0.25, 0.3) is 0 Å². The molecule has 7 heteroatoms. The molecule has 2 N–H and O–H groups in total. The van der Waals surface area contributed by atoms with E-state index in [0.717, 1.165) is 22.0 Å². The van der Waals surface area contributed by atoms with Crippen LogP contribution in [0.4, 0.5) is 0 Å². The van der Waals surface area contributed by atoms with Crippen LogP contribution in [-0.4, -0.2) is 22.0 Å². The summed E-state index contributed by atoms with van der Waals surface area (Å²) in [6.07, 6.45) is 0.827. The van der Waals surface area contributed by atoms with Crippen LogP contribution in [0.1, 0.15) is 6.42 Å². The lowest BCUT2D eigenvalue weighted by molar-refractivity contribution is 0.474. The van der Waals surface area contributed by atoms with Gasteiger partial charge in [-0.05, 0) is 61.0 Å². The second-order valence-corrected chi connectivity index (χ2v) is 16.2. The van der Waals surface area contributed by atoms with E-state index >= 15 is 0 Å². The lowest BCUT2D eigenvalue weighted by Crippen LogP contribution is -2.14. The second-order valence-electron chi connectivity index (χ2n) is 4.80. The molecule has 2 aromatic carbocycles. The van der Waals surface area contributed by atoms with Crippen molar-refractivity contribution in [3.05, 3.63) is 48.5 Å². The van der Waals surface area contributed by atoms with E-state index in [-0.39, 0.29) is 22.4 Å². The van der Waals surface area contributed by atoms with E-state index in [4.69, 9.17) is 33.2 Å². The highest BCUT2D eigenvalue weighted by atomic mass is 35.8. The first-order chi connectivity index (χ1) is 10.3. The van der Waals surface area contributed by atoms with Crippen molar-refractivity contribution in [3.8, 4) is 11.5 Å². The Morgan fingerprint density at radius 2 is 1.18 bits per heavy atom. The Bertz CT molecular complexity index is 554. The molecule has 22 heavy (non-hydrogen) atoms. The smallest absolute Gasteiger partial charge is 0.341 e. The summed E-state index contributed by atoms with van der Waals surface area (Å²) >= 11 is 17.9. The van der Waals surface area contributed by atoms with Crippen LogP contribution in [0.5, 0.6) is 11.5 Å². The van der Waals surface area contributed by atoms with Gasteiger partial charge in [0.1, 0.15) is 17.3 Å². The van der Waals surface area contributed by atoms with Gasteiger partial charge in [-0.15, -0.1) is 33.2 Å². The molecule has 0 amide bonds. The maximum absolute atomic E-state index is 9.45. The van der Waals surface area contributed by atoms with Crippen molar-refractivity contribution < 1.29 is 10.2 Å². The number of hydrogen-bond acceptors (Lipinski definition) is 2. The van der Waals surface area contributed by atoms with E-state index < -0.39 is 6.00 Å². The molecule has 0 aliphatic carbocycles. The fourth-order valence-corrected chi connectivity index (χ4v) is 6.15. The molecule has 0 atom stereocenters. The predicted octanol–water partition coefficient (Wildman–Crippen LogP) is 5.18. The van der Waals surface area contributed by atoms with Crippen LogP contribution in [-0.2, 0) is 10.9 Å². The van der Waals surface area contributed by atoms with E-state index in [1.165, 1.54) is 0 Å². The highest BCUT2D eigenvalue weighted by Crippen LogP contribution is 2.31. The number of aromatic hydroxyl groups is 2. The number of phenolic OH excluding ortho intramolecular Hbond substituents is 2. The summed E-state index contributed by atoms with van der Waals surface area (Å²) < 4.78 is 0. The van der Waals surface area contributed by atoms with E-state index in [0.29, 0.717) is 6.04 Å². The Hall–Kier alpha value is -0.523. The van der Waals surface area contributed by atoms with Crippen molar-refractivity contribution in [1.82, 2.24) is 0 Å². The highest BCUT2D eigenvalue weighted by molar-refractivity contribution is 7.97. The summed E-state index contributed by atoms with van der Waals surface area (Å²) in [6, 6.07) is 12.4. The first-order valence-corrected chi connectivity index (χ1v) is 13.3. The van der Waals surface area contributed by atoms with Crippen molar-refractivity contribution in [2.45, 2.75) is 22.3 Å². The van der Waals surface area contributed by atoms with E-state index in [9.17, 15) is 10.2 Å². The van der Waals surface area contributed by atoms with Gasteiger partial charge < -0.3 is 10.2 Å². The van der Waals surface area contributed by atoms with Crippen LogP contribution in [0, 0.1) is 0 Å². The minimum atomic E-state index is -2.60. The zero-order valence-corrected chi connectivity index (χ0v) is 15.8. The maximum Gasteiger partial charge on any atom is 0.341 e. The highest BCUT2D eigenvalue weighted by Gasteiger charge is 2.29. The molecule has 0 fully saturated rings. The molecule has 0 heterocycles. The van der Waals surface area contributed by atoms with Gasteiger partial charge in [0.05, 0.1) is 10.9 Å². The predicted molar refractivity (Wildman–Crippen MR) is 97.7 cm³/mol. The average molecular weight is 395 g/mol. The van der Waals surface area contributed by atoms with Crippen LogP contribution < -0.4 is 0 Å². The number of phenols is 2. The summed E-state index contributed by atoms with van der Waals surface area (Å²) in [7, 11) is -0.178. The minimum Gasteiger partial charge on any atom is -0.508 e. The van der Waals surface area contributed by atoms with Gasteiger partial charge in [-0.3, -0.25) is 0 Å². The third-order valence-corrected chi connectivity index (χ3v) is 8.05. The maximum atomic E-state index is 9.45. The Balaban J connectivity index is 2.20. The number of halogens is 3. The summed E-state index contributed by atoms with van der Waals surface area (Å²) in [5.74, 6) is 1.36. The molecule has 0 aliphatic rings. The molecule has 0 saturated heterocycles. The van der Waals surface area contributed by atoms with Crippen LogP contribution in [0.25, 0.3) is 0 Å². The molecule has 0 saturated carbocycles. The van der Waals surface area contributed by atoms with Crippen molar-refractivity contribution in [2.24, 2.45) is 0 Å². The molecular formula is C15H16Cl3O2SSi+. The summed E-state index contributed by atoms with van der Waals surface area (Å²) in [5.41, 5.74) is 0. The van der Waals surface area contributed by atoms with Crippen LogP contribution in [0.2, 0.25) is 6.04 Å². The van der Waals surface area contributed by atoms with Gasteiger partial charge in [-0.25, -0.2) is 0 Å². The fourth-order valence-electron chi connectivity index (χ4n) is 2.01. The van der Waals surface area contributed by atoms with Gasteiger partial charge >= 0.3 is 6.00 Å². The van der Waals surface area contributed by atoms with E-state index in [2.05, 4.69) is 0 Å². The molecule has 0 spiro atoms. The fraction of sp³-hybridized carbons (Fsp3) is 0.200. The van der Waals surface area contributed by atoms with E-state index in [1.54, 1.807) is 24.3 Å². The van der Waals surface area contributed by atoms with Crippen molar-refractivity contribution >= 4 is 50.1 Å². The molecular weight excluding hydrogens is 379 g/mol. The molecule has 0 aliphatic heterocycles. The normalized spacial score (nSPS) is 11.8. The zero-order valence-electron chi connectivity index (χ0n) is 11.7.